The van der Waals surface area contributed by atoms with E-state index in [0.717, 1.165) is 12.8 Å². The smallest absolute Gasteiger partial charge is 0.358 e. The van der Waals surface area contributed by atoms with Crippen LogP contribution in [-0.4, -0.2) is 32.0 Å². The van der Waals surface area contributed by atoms with E-state index in [2.05, 4.69) is 10.3 Å². The Bertz CT molecular complexity index is 422. The topological polar surface area (TPSA) is 111 Å². The molecule has 0 aliphatic heterocycles. The molecule has 0 atom stereocenters. The summed E-state index contributed by atoms with van der Waals surface area (Å²) in [6, 6.07) is 0. The number of aromatic carboxylic acids is 1. The summed E-state index contributed by atoms with van der Waals surface area (Å²) >= 11 is 0. The third kappa shape index (κ3) is 1.80. The standard InChI is InChI=1S/C8H10N4O3/c9-5(13)3-12-7(4-1-2-4)6(8(14)15)10-11-12/h4H,1-3H2,(H2,9,13)(H,14,15). The van der Waals surface area contributed by atoms with Crippen LogP contribution in [0.2, 0.25) is 0 Å². The number of carboxylic acid groups (broad SMARTS) is 1. The van der Waals surface area contributed by atoms with Gasteiger partial charge in [0, 0.05) is 5.92 Å². The van der Waals surface area contributed by atoms with Crippen LogP contribution in [0.3, 0.4) is 0 Å². The second-order valence-corrected chi connectivity index (χ2v) is 3.53. The fourth-order valence-corrected chi connectivity index (χ4v) is 1.50. The summed E-state index contributed by atoms with van der Waals surface area (Å²) in [5.74, 6) is -1.52. The zero-order valence-electron chi connectivity index (χ0n) is 7.88. The van der Waals surface area contributed by atoms with Crippen LogP contribution in [0.4, 0.5) is 0 Å². The van der Waals surface area contributed by atoms with Crippen LogP contribution in [0.5, 0.6) is 0 Å². The number of primary amides is 1. The summed E-state index contributed by atoms with van der Waals surface area (Å²) in [4.78, 5) is 21.6. The molecule has 7 heteroatoms. The number of nitrogens with two attached hydrogens (primary N) is 1. The van der Waals surface area contributed by atoms with Crippen molar-refractivity contribution < 1.29 is 14.7 Å². The Morgan fingerprint density at radius 3 is 2.67 bits per heavy atom. The van der Waals surface area contributed by atoms with Crippen molar-refractivity contribution in [2.75, 3.05) is 0 Å². The fourth-order valence-electron chi connectivity index (χ4n) is 1.50. The molecule has 1 aliphatic rings. The van der Waals surface area contributed by atoms with Gasteiger partial charge in [0.15, 0.2) is 5.69 Å². The Hall–Kier alpha value is -1.92. The van der Waals surface area contributed by atoms with E-state index in [4.69, 9.17) is 10.8 Å². The van der Waals surface area contributed by atoms with Gasteiger partial charge in [0.05, 0.1) is 5.69 Å². The number of carboxylic acids is 1. The first kappa shape index (κ1) is 9.63. The zero-order chi connectivity index (χ0) is 11.0. The maximum Gasteiger partial charge on any atom is 0.358 e. The molecular weight excluding hydrogens is 200 g/mol. The second kappa shape index (κ2) is 3.34. The van der Waals surface area contributed by atoms with E-state index in [-0.39, 0.29) is 18.2 Å². The Morgan fingerprint density at radius 1 is 1.53 bits per heavy atom. The number of hydrogen-bond acceptors (Lipinski definition) is 4. The lowest BCUT2D eigenvalue weighted by Gasteiger charge is -2.02. The van der Waals surface area contributed by atoms with Crippen molar-refractivity contribution in [1.29, 1.82) is 0 Å². The van der Waals surface area contributed by atoms with Crippen molar-refractivity contribution >= 4 is 11.9 Å². The van der Waals surface area contributed by atoms with E-state index in [1.54, 1.807) is 0 Å². The highest BCUT2D eigenvalue weighted by atomic mass is 16.4. The molecule has 1 amide bonds. The van der Waals surface area contributed by atoms with E-state index < -0.39 is 11.9 Å². The zero-order valence-corrected chi connectivity index (χ0v) is 7.88. The molecule has 1 aromatic rings. The summed E-state index contributed by atoms with van der Waals surface area (Å²) in [6.07, 6.45) is 1.82. The largest absolute Gasteiger partial charge is 0.476 e. The molecule has 1 fully saturated rings. The number of rotatable bonds is 4. The first-order valence-electron chi connectivity index (χ1n) is 4.54. The van der Waals surface area contributed by atoms with Gasteiger partial charge in [-0.15, -0.1) is 5.10 Å². The number of carbonyl (C=O) groups is 2. The molecule has 0 aromatic carbocycles. The van der Waals surface area contributed by atoms with E-state index in [9.17, 15) is 9.59 Å². The van der Waals surface area contributed by atoms with Gasteiger partial charge in [-0.3, -0.25) is 4.79 Å². The van der Waals surface area contributed by atoms with Crippen molar-refractivity contribution in [3.63, 3.8) is 0 Å². The summed E-state index contributed by atoms with van der Waals surface area (Å²) in [5, 5.41) is 16.0. The molecule has 0 spiro atoms. The summed E-state index contributed by atoms with van der Waals surface area (Å²) < 4.78 is 1.28. The number of amides is 1. The van der Waals surface area contributed by atoms with E-state index in [1.165, 1.54) is 4.68 Å². The Labute approximate surface area is 84.9 Å². The van der Waals surface area contributed by atoms with Gasteiger partial charge in [0.25, 0.3) is 0 Å². The lowest BCUT2D eigenvalue weighted by molar-refractivity contribution is -0.118. The number of hydrogen-bond donors (Lipinski definition) is 2. The third-order valence-electron chi connectivity index (χ3n) is 2.25. The Morgan fingerprint density at radius 2 is 2.20 bits per heavy atom. The van der Waals surface area contributed by atoms with Gasteiger partial charge in [-0.1, -0.05) is 5.21 Å². The first-order chi connectivity index (χ1) is 7.09. The average Bonchev–Trinajstić information content (AvgIpc) is 2.87. The van der Waals surface area contributed by atoms with Crippen molar-refractivity contribution in [2.24, 2.45) is 5.73 Å². The fraction of sp³-hybridized carbons (Fsp3) is 0.500. The molecule has 7 nitrogen and oxygen atoms in total. The highest BCUT2D eigenvalue weighted by molar-refractivity contribution is 5.87. The molecule has 1 aliphatic carbocycles. The predicted molar refractivity (Wildman–Crippen MR) is 48.2 cm³/mol. The van der Waals surface area contributed by atoms with Crippen molar-refractivity contribution in [2.45, 2.75) is 25.3 Å². The normalized spacial score (nSPS) is 15.2. The maximum absolute atomic E-state index is 10.8. The van der Waals surface area contributed by atoms with Crippen LogP contribution in [-0.2, 0) is 11.3 Å². The molecule has 0 saturated heterocycles. The molecule has 3 N–H and O–H groups in total. The van der Waals surface area contributed by atoms with Gasteiger partial charge >= 0.3 is 5.97 Å². The minimum atomic E-state index is -1.12. The van der Waals surface area contributed by atoms with Gasteiger partial charge in [-0.05, 0) is 12.8 Å². The molecule has 15 heavy (non-hydrogen) atoms. The first-order valence-corrected chi connectivity index (χ1v) is 4.54. The third-order valence-corrected chi connectivity index (χ3v) is 2.25. The summed E-state index contributed by atoms with van der Waals surface area (Å²) in [7, 11) is 0. The molecule has 0 unspecified atom stereocenters. The second-order valence-electron chi connectivity index (χ2n) is 3.53. The molecule has 1 heterocycles. The van der Waals surface area contributed by atoms with Gasteiger partial charge in [0.2, 0.25) is 5.91 Å². The SMILES string of the molecule is NC(=O)Cn1nnc(C(=O)O)c1C1CC1. The monoisotopic (exact) mass is 210 g/mol. The van der Waals surface area contributed by atoms with Gasteiger partial charge < -0.3 is 10.8 Å². The molecule has 0 radical (unpaired) electrons. The lowest BCUT2D eigenvalue weighted by atomic mass is 10.2. The van der Waals surface area contributed by atoms with E-state index in [0.29, 0.717) is 5.69 Å². The Kier molecular flexibility index (Phi) is 2.14. The maximum atomic E-state index is 10.8. The number of nitrogens with zero attached hydrogens (tertiary/aromatic N) is 3. The van der Waals surface area contributed by atoms with Crippen LogP contribution >= 0.6 is 0 Å². The van der Waals surface area contributed by atoms with Crippen LogP contribution in [0.1, 0.15) is 34.9 Å². The Balaban J connectivity index is 2.37. The van der Waals surface area contributed by atoms with E-state index in [1.807, 2.05) is 0 Å². The highest BCUT2D eigenvalue weighted by Gasteiger charge is 2.33. The van der Waals surface area contributed by atoms with Crippen LogP contribution < -0.4 is 5.73 Å². The minimum Gasteiger partial charge on any atom is -0.476 e. The minimum absolute atomic E-state index is 0.0706. The number of carbonyl (C=O) groups excluding carboxylic acids is 1. The van der Waals surface area contributed by atoms with Gasteiger partial charge in [-0.2, -0.15) is 0 Å². The van der Waals surface area contributed by atoms with Gasteiger partial charge in [0.1, 0.15) is 6.54 Å². The summed E-state index contributed by atoms with van der Waals surface area (Å²) in [6.45, 7) is -0.119. The van der Waals surface area contributed by atoms with Crippen molar-refractivity contribution in [1.82, 2.24) is 15.0 Å². The predicted octanol–water partition coefficient (Wildman–Crippen LogP) is -0.661. The summed E-state index contributed by atoms with van der Waals surface area (Å²) in [5.41, 5.74) is 5.47. The number of aromatic nitrogens is 3. The molecular formula is C8H10N4O3. The average molecular weight is 210 g/mol. The molecule has 80 valence electrons. The molecule has 2 rings (SSSR count). The van der Waals surface area contributed by atoms with Crippen LogP contribution in [0.15, 0.2) is 0 Å². The molecule has 0 bridgehead atoms. The molecule has 1 saturated carbocycles. The van der Waals surface area contributed by atoms with Crippen molar-refractivity contribution in [3.05, 3.63) is 11.4 Å². The van der Waals surface area contributed by atoms with Crippen molar-refractivity contribution in [3.8, 4) is 0 Å². The van der Waals surface area contributed by atoms with Crippen LogP contribution in [0, 0.1) is 0 Å². The lowest BCUT2D eigenvalue weighted by Crippen LogP contribution is -2.21. The quantitative estimate of drug-likeness (QED) is 0.685. The highest BCUT2D eigenvalue weighted by Crippen LogP contribution is 2.41. The van der Waals surface area contributed by atoms with Crippen LogP contribution in [0.25, 0.3) is 0 Å². The van der Waals surface area contributed by atoms with Gasteiger partial charge in [-0.25, -0.2) is 9.48 Å². The molecule has 1 aromatic heterocycles. The van der Waals surface area contributed by atoms with E-state index >= 15 is 0 Å².